The Kier molecular flexibility index (Phi) is 5.48. The SMILES string of the molecule is O=C(OCc1ccccc1)N1CCC(OCCl)CC1. The molecule has 19 heavy (non-hydrogen) atoms. The number of hydrogen-bond donors (Lipinski definition) is 0. The van der Waals surface area contributed by atoms with E-state index in [1.807, 2.05) is 30.3 Å². The summed E-state index contributed by atoms with van der Waals surface area (Å²) in [6, 6.07) is 9.88. The van der Waals surface area contributed by atoms with Gasteiger partial charge in [0.15, 0.2) is 0 Å². The Hall–Kier alpha value is -1.26. The van der Waals surface area contributed by atoms with E-state index < -0.39 is 0 Å². The van der Waals surface area contributed by atoms with Crippen LogP contribution in [-0.2, 0) is 16.1 Å². The third-order valence-electron chi connectivity index (χ3n) is 3.20. The summed E-state index contributed by atoms with van der Waals surface area (Å²) in [6.07, 6.45) is 1.53. The van der Waals surface area contributed by atoms with Crippen molar-refractivity contribution in [1.82, 2.24) is 4.90 Å². The van der Waals surface area contributed by atoms with Crippen molar-refractivity contribution in [3.8, 4) is 0 Å². The van der Waals surface area contributed by atoms with Gasteiger partial charge in [-0.05, 0) is 18.4 Å². The zero-order valence-electron chi connectivity index (χ0n) is 10.8. The lowest BCUT2D eigenvalue weighted by Gasteiger charge is -2.30. The number of carbonyl (C=O) groups excluding carboxylic acids is 1. The van der Waals surface area contributed by atoms with Gasteiger partial charge in [-0.2, -0.15) is 0 Å². The fraction of sp³-hybridized carbons (Fsp3) is 0.500. The second-order valence-electron chi connectivity index (χ2n) is 4.50. The number of likely N-dealkylation sites (tertiary alicyclic amines) is 1. The highest BCUT2D eigenvalue weighted by atomic mass is 35.5. The number of nitrogens with zero attached hydrogens (tertiary/aromatic N) is 1. The third-order valence-corrected chi connectivity index (χ3v) is 3.33. The topological polar surface area (TPSA) is 38.8 Å². The van der Waals surface area contributed by atoms with Crippen molar-refractivity contribution < 1.29 is 14.3 Å². The van der Waals surface area contributed by atoms with E-state index in [9.17, 15) is 4.79 Å². The summed E-state index contributed by atoms with van der Waals surface area (Å²) in [7, 11) is 0. The molecule has 1 saturated heterocycles. The predicted octanol–water partition coefficient (Wildman–Crippen LogP) is 3.00. The van der Waals surface area contributed by atoms with E-state index in [2.05, 4.69) is 0 Å². The molecule has 1 aliphatic heterocycles. The lowest BCUT2D eigenvalue weighted by Crippen LogP contribution is -2.41. The van der Waals surface area contributed by atoms with Gasteiger partial charge in [-0.1, -0.05) is 41.9 Å². The van der Waals surface area contributed by atoms with Gasteiger partial charge < -0.3 is 14.4 Å². The fourth-order valence-electron chi connectivity index (χ4n) is 2.10. The van der Waals surface area contributed by atoms with Gasteiger partial charge in [-0.3, -0.25) is 0 Å². The summed E-state index contributed by atoms with van der Waals surface area (Å²) < 4.78 is 10.6. The lowest BCUT2D eigenvalue weighted by atomic mass is 10.1. The maximum Gasteiger partial charge on any atom is 0.410 e. The van der Waals surface area contributed by atoms with Crippen molar-refractivity contribution in [2.75, 3.05) is 19.2 Å². The van der Waals surface area contributed by atoms with E-state index in [0.717, 1.165) is 18.4 Å². The molecule has 1 heterocycles. The fourth-order valence-corrected chi connectivity index (χ4v) is 2.28. The number of piperidine rings is 1. The predicted molar refractivity (Wildman–Crippen MR) is 73.0 cm³/mol. The van der Waals surface area contributed by atoms with Gasteiger partial charge in [0.25, 0.3) is 0 Å². The van der Waals surface area contributed by atoms with E-state index >= 15 is 0 Å². The summed E-state index contributed by atoms with van der Waals surface area (Å²) >= 11 is 5.52. The minimum atomic E-state index is -0.256. The monoisotopic (exact) mass is 283 g/mol. The van der Waals surface area contributed by atoms with Gasteiger partial charge >= 0.3 is 6.09 Å². The average molecular weight is 284 g/mol. The molecule has 104 valence electrons. The molecule has 0 spiro atoms. The number of rotatable bonds is 4. The summed E-state index contributed by atoms with van der Waals surface area (Å²) in [5, 5.41) is 0. The van der Waals surface area contributed by atoms with Crippen LogP contribution >= 0.6 is 11.6 Å². The molecule has 1 aromatic rings. The maximum atomic E-state index is 11.9. The number of halogens is 1. The Morgan fingerprint density at radius 3 is 2.58 bits per heavy atom. The third kappa shape index (κ3) is 4.40. The Bertz CT molecular complexity index is 391. The summed E-state index contributed by atoms with van der Waals surface area (Å²) in [6.45, 7) is 1.64. The van der Waals surface area contributed by atoms with Crippen molar-refractivity contribution in [2.45, 2.75) is 25.6 Å². The van der Waals surface area contributed by atoms with Crippen LogP contribution in [0.4, 0.5) is 4.79 Å². The van der Waals surface area contributed by atoms with Crippen molar-refractivity contribution in [3.05, 3.63) is 35.9 Å². The van der Waals surface area contributed by atoms with Crippen LogP contribution in [0.5, 0.6) is 0 Å². The number of hydrogen-bond acceptors (Lipinski definition) is 3. The summed E-state index contributed by atoms with van der Waals surface area (Å²) in [5.74, 6) is 0. The molecule has 0 N–H and O–H groups in total. The van der Waals surface area contributed by atoms with Gasteiger partial charge in [-0.15, -0.1) is 0 Å². The molecule has 1 aliphatic rings. The van der Waals surface area contributed by atoms with Crippen LogP contribution in [0.15, 0.2) is 30.3 Å². The molecular formula is C14H18ClNO3. The molecule has 5 heteroatoms. The Morgan fingerprint density at radius 1 is 1.26 bits per heavy atom. The first-order chi connectivity index (χ1) is 9.29. The number of alkyl halides is 1. The molecule has 0 bridgehead atoms. The number of benzene rings is 1. The van der Waals surface area contributed by atoms with Crippen molar-refractivity contribution in [3.63, 3.8) is 0 Å². The Labute approximate surface area is 118 Å². The second-order valence-corrected chi connectivity index (χ2v) is 4.72. The molecule has 0 radical (unpaired) electrons. The molecule has 0 unspecified atom stereocenters. The van der Waals surface area contributed by atoms with Crippen molar-refractivity contribution in [2.24, 2.45) is 0 Å². The smallest absolute Gasteiger partial charge is 0.410 e. The van der Waals surface area contributed by atoms with Gasteiger partial charge in [-0.25, -0.2) is 4.79 Å². The van der Waals surface area contributed by atoms with Crippen LogP contribution in [0.1, 0.15) is 18.4 Å². The van der Waals surface area contributed by atoms with Crippen LogP contribution in [-0.4, -0.2) is 36.3 Å². The van der Waals surface area contributed by atoms with Gasteiger partial charge in [0.1, 0.15) is 12.7 Å². The van der Waals surface area contributed by atoms with Gasteiger partial charge in [0.05, 0.1) is 6.10 Å². The Morgan fingerprint density at radius 2 is 1.95 bits per heavy atom. The first kappa shape index (κ1) is 14.2. The molecule has 0 aromatic heterocycles. The zero-order valence-corrected chi connectivity index (χ0v) is 11.5. The molecule has 0 saturated carbocycles. The largest absolute Gasteiger partial charge is 0.445 e. The highest BCUT2D eigenvalue weighted by molar-refractivity contribution is 6.17. The van der Waals surface area contributed by atoms with Crippen LogP contribution in [0, 0.1) is 0 Å². The van der Waals surface area contributed by atoms with E-state index in [1.54, 1.807) is 4.90 Å². The van der Waals surface area contributed by atoms with E-state index in [1.165, 1.54) is 0 Å². The molecule has 4 nitrogen and oxygen atoms in total. The van der Waals surface area contributed by atoms with Crippen LogP contribution in [0.25, 0.3) is 0 Å². The molecule has 0 aliphatic carbocycles. The zero-order chi connectivity index (χ0) is 13.5. The minimum absolute atomic E-state index is 0.163. The minimum Gasteiger partial charge on any atom is -0.445 e. The first-order valence-electron chi connectivity index (χ1n) is 6.43. The van der Waals surface area contributed by atoms with Crippen molar-refractivity contribution >= 4 is 17.7 Å². The number of ether oxygens (including phenoxy) is 2. The number of amides is 1. The molecule has 0 atom stereocenters. The van der Waals surface area contributed by atoms with Crippen molar-refractivity contribution in [1.29, 1.82) is 0 Å². The van der Waals surface area contributed by atoms with E-state index in [0.29, 0.717) is 19.7 Å². The normalized spacial score (nSPS) is 16.4. The molecule has 1 fully saturated rings. The first-order valence-corrected chi connectivity index (χ1v) is 6.96. The van der Waals surface area contributed by atoms with Crippen LogP contribution in [0.2, 0.25) is 0 Å². The van der Waals surface area contributed by atoms with Crippen LogP contribution in [0.3, 0.4) is 0 Å². The summed E-state index contributed by atoms with van der Waals surface area (Å²) in [5.41, 5.74) is 0.996. The molecule has 1 amide bonds. The highest BCUT2D eigenvalue weighted by Gasteiger charge is 2.23. The number of carbonyl (C=O) groups is 1. The lowest BCUT2D eigenvalue weighted by molar-refractivity contribution is 0.0241. The second kappa shape index (κ2) is 7.36. The van der Waals surface area contributed by atoms with E-state index in [4.69, 9.17) is 21.1 Å². The summed E-state index contributed by atoms with van der Waals surface area (Å²) in [4.78, 5) is 13.6. The standard InChI is InChI=1S/C14H18ClNO3/c15-11-19-13-6-8-16(9-7-13)14(17)18-10-12-4-2-1-3-5-12/h1-5,13H,6-11H2. The average Bonchev–Trinajstić information content (AvgIpc) is 2.47. The molecular weight excluding hydrogens is 266 g/mol. The van der Waals surface area contributed by atoms with Gasteiger partial charge in [0.2, 0.25) is 0 Å². The highest BCUT2D eigenvalue weighted by Crippen LogP contribution is 2.15. The van der Waals surface area contributed by atoms with E-state index in [-0.39, 0.29) is 18.3 Å². The maximum absolute atomic E-state index is 11.9. The molecule has 1 aromatic carbocycles. The van der Waals surface area contributed by atoms with Crippen LogP contribution < -0.4 is 0 Å². The van der Waals surface area contributed by atoms with Gasteiger partial charge in [0, 0.05) is 13.1 Å². The quantitative estimate of drug-likeness (QED) is 0.798. The Balaban J connectivity index is 1.73. The molecule has 2 rings (SSSR count).